The van der Waals surface area contributed by atoms with Crippen LogP contribution in [0.5, 0.6) is 11.5 Å². The number of hydrogen-bond donors (Lipinski definition) is 0. The molecule has 0 saturated heterocycles. The minimum atomic E-state index is -0.0220. The Balaban J connectivity index is 1.69. The molecular weight excluding hydrogens is 476 g/mol. The van der Waals surface area contributed by atoms with Gasteiger partial charge in [0.15, 0.2) is 0 Å². The topological polar surface area (TPSA) is 79.9 Å². The summed E-state index contributed by atoms with van der Waals surface area (Å²) in [6.45, 7) is 14.5. The SMILES string of the molecule is COc1c2cc(C(C)(C)C)cc1Cn1cc(nn1)Cc1cc(C(C)(C)C)cc(c1OC)Cn1cc(nn1)C2. The van der Waals surface area contributed by atoms with Crippen LogP contribution in [0.25, 0.3) is 0 Å². The average molecular weight is 515 g/mol. The summed E-state index contributed by atoms with van der Waals surface area (Å²) in [5, 5.41) is 18.0. The molecule has 200 valence electrons. The van der Waals surface area contributed by atoms with Gasteiger partial charge in [0.25, 0.3) is 0 Å². The first kappa shape index (κ1) is 25.9. The summed E-state index contributed by atoms with van der Waals surface area (Å²) >= 11 is 0. The molecule has 0 N–H and O–H groups in total. The van der Waals surface area contributed by atoms with Crippen molar-refractivity contribution in [2.75, 3.05) is 14.2 Å². The van der Waals surface area contributed by atoms with Crippen LogP contribution in [0.3, 0.4) is 0 Å². The summed E-state index contributed by atoms with van der Waals surface area (Å²) in [5.74, 6) is 1.72. The minimum absolute atomic E-state index is 0.0220. The molecule has 0 atom stereocenters. The summed E-state index contributed by atoms with van der Waals surface area (Å²) in [7, 11) is 3.46. The Bertz CT molecular complexity index is 1270. The zero-order chi connectivity index (χ0) is 27.2. The van der Waals surface area contributed by atoms with Crippen molar-refractivity contribution in [3.8, 4) is 11.5 Å². The lowest BCUT2D eigenvalue weighted by Gasteiger charge is -2.24. The Hall–Kier alpha value is -3.68. The fourth-order valence-electron chi connectivity index (χ4n) is 5.13. The molecule has 0 amide bonds. The lowest BCUT2D eigenvalue weighted by molar-refractivity contribution is 0.401. The predicted octanol–water partition coefficient (Wildman–Crippen LogP) is 5.07. The molecule has 0 fully saturated rings. The Morgan fingerprint density at radius 1 is 0.605 bits per heavy atom. The van der Waals surface area contributed by atoms with Gasteiger partial charge >= 0.3 is 0 Å². The molecule has 8 bridgehead atoms. The van der Waals surface area contributed by atoms with Gasteiger partial charge in [0.1, 0.15) is 11.5 Å². The van der Waals surface area contributed by atoms with E-state index in [2.05, 4.69) is 86.4 Å². The van der Waals surface area contributed by atoms with Crippen LogP contribution in [-0.4, -0.2) is 44.2 Å². The van der Waals surface area contributed by atoms with E-state index >= 15 is 0 Å². The highest BCUT2D eigenvalue weighted by Crippen LogP contribution is 2.35. The predicted molar refractivity (Wildman–Crippen MR) is 147 cm³/mol. The molecule has 8 nitrogen and oxygen atoms in total. The molecule has 38 heavy (non-hydrogen) atoms. The highest BCUT2D eigenvalue weighted by atomic mass is 16.5. The van der Waals surface area contributed by atoms with Gasteiger partial charge in [-0.1, -0.05) is 64.1 Å². The molecule has 2 aromatic heterocycles. The number of fused-ring (bicyclic) bond motifs is 8. The largest absolute Gasteiger partial charge is 0.496 e. The zero-order valence-electron chi connectivity index (χ0n) is 23.8. The zero-order valence-corrected chi connectivity index (χ0v) is 23.8. The van der Waals surface area contributed by atoms with Gasteiger partial charge in [0, 0.05) is 47.5 Å². The molecule has 5 rings (SSSR count). The lowest BCUT2D eigenvalue weighted by Crippen LogP contribution is -2.15. The van der Waals surface area contributed by atoms with E-state index in [0.717, 1.165) is 45.1 Å². The lowest BCUT2D eigenvalue weighted by atomic mass is 9.84. The third-order valence-corrected chi connectivity index (χ3v) is 7.21. The second-order valence-corrected chi connectivity index (χ2v) is 12.3. The smallest absolute Gasteiger partial charge is 0.127 e. The number of benzene rings is 2. The summed E-state index contributed by atoms with van der Waals surface area (Å²) in [5.41, 5.74) is 8.53. The van der Waals surface area contributed by atoms with Crippen LogP contribution in [0.4, 0.5) is 0 Å². The van der Waals surface area contributed by atoms with Crippen LogP contribution in [0.2, 0.25) is 0 Å². The normalized spacial score (nSPS) is 13.9. The molecular formula is C30H38N6O2. The van der Waals surface area contributed by atoms with Crippen molar-refractivity contribution in [3.05, 3.63) is 81.4 Å². The van der Waals surface area contributed by atoms with Crippen LogP contribution < -0.4 is 9.47 Å². The van der Waals surface area contributed by atoms with E-state index in [0.29, 0.717) is 25.9 Å². The second kappa shape index (κ2) is 9.57. The van der Waals surface area contributed by atoms with Crippen LogP contribution in [0.15, 0.2) is 36.7 Å². The van der Waals surface area contributed by atoms with Gasteiger partial charge in [-0.05, 0) is 34.1 Å². The van der Waals surface area contributed by atoms with Gasteiger partial charge in [0.2, 0.25) is 0 Å². The van der Waals surface area contributed by atoms with E-state index in [1.807, 2.05) is 21.8 Å². The summed E-state index contributed by atoms with van der Waals surface area (Å²) in [4.78, 5) is 0. The number of hydrogen-bond acceptors (Lipinski definition) is 6. The molecule has 3 heterocycles. The summed E-state index contributed by atoms with van der Waals surface area (Å²) < 4.78 is 15.7. The van der Waals surface area contributed by atoms with E-state index in [4.69, 9.17) is 9.47 Å². The third-order valence-electron chi connectivity index (χ3n) is 7.21. The van der Waals surface area contributed by atoms with Crippen LogP contribution in [-0.2, 0) is 36.8 Å². The van der Waals surface area contributed by atoms with Crippen LogP contribution >= 0.6 is 0 Å². The number of aromatic nitrogens is 6. The van der Waals surface area contributed by atoms with E-state index in [9.17, 15) is 0 Å². The van der Waals surface area contributed by atoms with Crippen LogP contribution in [0.1, 0.15) is 86.3 Å². The molecule has 1 aliphatic rings. The molecule has 0 spiro atoms. The fourth-order valence-corrected chi connectivity index (χ4v) is 5.13. The van der Waals surface area contributed by atoms with Gasteiger partial charge in [0.05, 0.1) is 38.7 Å². The Morgan fingerprint density at radius 2 is 0.974 bits per heavy atom. The molecule has 0 unspecified atom stereocenters. The van der Waals surface area contributed by atoms with E-state index in [1.54, 1.807) is 14.2 Å². The summed E-state index contributed by atoms with van der Waals surface area (Å²) in [6, 6.07) is 8.93. The first-order chi connectivity index (χ1) is 17.9. The van der Waals surface area contributed by atoms with Crippen molar-refractivity contribution in [3.63, 3.8) is 0 Å². The molecule has 0 aliphatic carbocycles. The van der Waals surface area contributed by atoms with Crippen molar-refractivity contribution in [2.24, 2.45) is 0 Å². The molecule has 0 saturated carbocycles. The Morgan fingerprint density at radius 3 is 1.32 bits per heavy atom. The third kappa shape index (κ3) is 5.17. The van der Waals surface area contributed by atoms with Gasteiger partial charge in [-0.2, -0.15) is 0 Å². The molecule has 8 heteroatoms. The standard InChI is InChI=1S/C30H38N6O2/c1-29(2,3)23-9-19-13-25-17-36(34-31-25)16-22-12-24(30(4,5)6)10-20(28(22)38-8)14-26-18-35(33-32-26)15-21(11-23)27(19)37-7/h9-12,17-18H,13-16H2,1-8H3. The second-order valence-electron chi connectivity index (χ2n) is 12.3. The number of rotatable bonds is 2. The molecule has 1 aliphatic heterocycles. The maximum Gasteiger partial charge on any atom is 0.127 e. The Kier molecular flexibility index (Phi) is 6.53. The number of methoxy groups -OCH3 is 2. The van der Waals surface area contributed by atoms with Crippen LogP contribution in [0, 0.1) is 0 Å². The van der Waals surface area contributed by atoms with Gasteiger partial charge in [-0.15, -0.1) is 10.2 Å². The molecule has 2 aromatic carbocycles. The van der Waals surface area contributed by atoms with E-state index < -0.39 is 0 Å². The number of nitrogens with zero attached hydrogens (tertiary/aromatic N) is 6. The van der Waals surface area contributed by atoms with Crippen molar-refractivity contribution in [1.82, 2.24) is 30.0 Å². The first-order valence-corrected chi connectivity index (χ1v) is 13.1. The quantitative estimate of drug-likeness (QED) is 0.327. The van der Waals surface area contributed by atoms with Crippen molar-refractivity contribution < 1.29 is 9.47 Å². The van der Waals surface area contributed by atoms with Gasteiger partial charge < -0.3 is 9.47 Å². The molecule has 0 radical (unpaired) electrons. The maximum atomic E-state index is 5.96. The number of ether oxygens (including phenoxy) is 2. The van der Waals surface area contributed by atoms with Crippen molar-refractivity contribution in [2.45, 2.75) is 78.3 Å². The maximum absolute atomic E-state index is 5.96. The highest BCUT2D eigenvalue weighted by Gasteiger charge is 2.23. The first-order valence-electron chi connectivity index (χ1n) is 13.1. The van der Waals surface area contributed by atoms with Crippen molar-refractivity contribution >= 4 is 0 Å². The minimum Gasteiger partial charge on any atom is -0.496 e. The van der Waals surface area contributed by atoms with E-state index in [-0.39, 0.29) is 10.8 Å². The van der Waals surface area contributed by atoms with Gasteiger partial charge in [-0.3, -0.25) is 0 Å². The monoisotopic (exact) mass is 514 g/mol. The van der Waals surface area contributed by atoms with E-state index in [1.165, 1.54) is 11.1 Å². The van der Waals surface area contributed by atoms with Crippen molar-refractivity contribution in [1.29, 1.82) is 0 Å². The average Bonchev–Trinajstić information content (AvgIpc) is 3.46. The Labute approximate surface area is 225 Å². The summed E-state index contributed by atoms with van der Waals surface area (Å²) in [6.07, 6.45) is 5.29. The highest BCUT2D eigenvalue weighted by molar-refractivity contribution is 5.49. The fraction of sp³-hybridized carbons (Fsp3) is 0.467. The molecule has 4 aromatic rings. The van der Waals surface area contributed by atoms with Gasteiger partial charge in [-0.25, -0.2) is 9.36 Å².